The number of imide groups is 2. The highest BCUT2D eigenvalue weighted by molar-refractivity contribution is 6.25. The predicted octanol–water partition coefficient (Wildman–Crippen LogP) is 4.30. The Labute approximate surface area is 230 Å². The van der Waals surface area contributed by atoms with Gasteiger partial charge < -0.3 is 0 Å². The molecule has 41 heavy (non-hydrogen) atoms. The van der Waals surface area contributed by atoms with Crippen molar-refractivity contribution in [3.8, 4) is 0 Å². The summed E-state index contributed by atoms with van der Waals surface area (Å²) < 4.78 is 0. The number of benzene rings is 4. The Morgan fingerprint density at radius 2 is 0.829 bits per heavy atom. The van der Waals surface area contributed by atoms with E-state index in [1.54, 1.807) is 36.4 Å². The zero-order valence-electron chi connectivity index (χ0n) is 20.8. The van der Waals surface area contributed by atoms with Gasteiger partial charge in [-0.1, -0.05) is 60.7 Å². The molecule has 0 unspecified atom stereocenters. The molecule has 0 saturated carbocycles. The number of non-ortho nitro benzene ring substituents is 2. The summed E-state index contributed by atoms with van der Waals surface area (Å²) in [5, 5.41) is 22.9. The van der Waals surface area contributed by atoms with Gasteiger partial charge in [0.05, 0.1) is 32.1 Å². The van der Waals surface area contributed by atoms with Crippen molar-refractivity contribution < 1.29 is 29.0 Å². The lowest BCUT2D eigenvalue weighted by atomic mass is 9.87. The minimum atomic E-state index is -2.22. The Kier molecular flexibility index (Phi) is 5.55. The molecule has 0 N–H and O–H groups in total. The normalized spacial score (nSPS) is 14.3. The first kappa shape index (κ1) is 25.2. The number of rotatable bonds is 6. The first-order valence-corrected chi connectivity index (χ1v) is 12.1. The standard InChI is InChI=1S/C29H16N4O8/c34-25-21-13-11-19(32(38)39)15-23(21)27(36)30(25)29(17-7-3-1-4-8-17,18-9-5-2-6-10-18)31-26(35)22-14-12-20(33(40)41)16-24(22)28(31)37/h1-16H. The van der Waals surface area contributed by atoms with E-state index in [2.05, 4.69) is 0 Å². The van der Waals surface area contributed by atoms with E-state index >= 15 is 0 Å². The summed E-state index contributed by atoms with van der Waals surface area (Å²) in [6.07, 6.45) is 0. The van der Waals surface area contributed by atoms with Crippen LogP contribution in [0.3, 0.4) is 0 Å². The van der Waals surface area contributed by atoms with Crippen LogP contribution in [-0.4, -0.2) is 43.3 Å². The lowest BCUT2D eigenvalue weighted by Crippen LogP contribution is -2.62. The van der Waals surface area contributed by atoms with Crippen LogP contribution in [0.4, 0.5) is 11.4 Å². The Balaban J connectivity index is 1.67. The molecule has 0 radical (unpaired) electrons. The van der Waals surface area contributed by atoms with E-state index in [0.717, 1.165) is 46.2 Å². The van der Waals surface area contributed by atoms with Crippen LogP contribution in [0.15, 0.2) is 97.1 Å². The van der Waals surface area contributed by atoms with E-state index in [1.165, 1.54) is 24.3 Å². The molecule has 0 spiro atoms. The van der Waals surface area contributed by atoms with Crippen molar-refractivity contribution in [3.63, 3.8) is 0 Å². The number of amides is 4. The number of fused-ring (bicyclic) bond motifs is 2. The quantitative estimate of drug-likeness (QED) is 0.196. The van der Waals surface area contributed by atoms with Crippen molar-refractivity contribution >= 4 is 35.0 Å². The topological polar surface area (TPSA) is 161 Å². The van der Waals surface area contributed by atoms with Gasteiger partial charge in [0.25, 0.3) is 35.0 Å². The number of carbonyl (C=O) groups excluding carboxylic acids is 4. The smallest absolute Gasteiger partial charge is 0.268 e. The molecule has 2 aliphatic heterocycles. The third-order valence-corrected chi connectivity index (χ3v) is 7.16. The molecule has 12 heteroatoms. The summed E-state index contributed by atoms with van der Waals surface area (Å²) in [4.78, 5) is 79.3. The summed E-state index contributed by atoms with van der Waals surface area (Å²) in [6, 6.07) is 22.3. The zero-order valence-corrected chi connectivity index (χ0v) is 20.8. The Morgan fingerprint density at radius 3 is 1.17 bits per heavy atom. The SMILES string of the molecule is O=C1c2ccc([N+](=O)[O-])cc2C(=O)N1C(c1ccccc1)(c1ccccc1)N1C(=O)c2ccc([N+](=O)[O-])cc2C1=O. The van der Waals surface area contributed by atoms with Crippen LogP contribution in [0.25, 0.3) is 0 Å². The minimum absolute atomic E-state index is 0.149. The minimum Gasteiger partial charge on any atom is -0.268 e. The van der Waals surface area contributed by atoms with E-state index in [0.29, 0.717) is 0 Å². The molecule has 4 amide bonds. The molecule has 2 aliphatic rings. The molecule has 0 aromatic heterocycles. The van der Waals surface area contributed by atoms with Gasteiger partial charge >= 0.3 is 0 Å². The lowest BCUT2D eigenvalue weighted by molar-refractivity contribution is -0.385. The van der Waals surface area contributed by atoms with Gasteiger partial charge in [-0.05, 0) is 12.1 Å². The second kappa shape index (κ2) is 9.02. The number of nitro groups is 2. The molecule has 12 nitrogen and oxygen atoms in total. The van der Waals surface area contributed by atoms with Crippen molar-refractivity contribution in [2.24, 2.45) is 0 Å². The summed E-state index contributed by atoms with van der Waals surface area (Å²) in [6.45, 7) is 0. The highest BCUT2D eigenvalue weighted by Crippen LogP contribution is 2.47. The number of nitro benzene ring substituents is 2. The molecule has 6 rings (SSSR count). The van der Waals surface area contributed by atoms with Crippen molar-refractivity contribution in [2.45, 2.75) is 5.66 Å². The van der Waals surface area contributed by atoms with Crippen molar-refractivity contribution in [3.05, 3.63) is 151 Å². The number of hydrogen-bond acceptors (Lipinski definition) is 8. The van der Waals surface area contributed by atoms with Gasteiger partial charge in [0.15, 0.2) is 5.66 Å². The number of hydrogen-bond donors (Lipinski definition) is 0. The van der Waals surface area contributed by atoms with Crippen LogP contribution in [0, 0.1) is 20.2 Å². The molecule has 0 bridgehead atoms. The fourth-order valence-corrected chi connectivity index (χ4v) is 5.40. The van der Waals surface area contributed by atoms with E-state index in [4.69, 9.17) is 0 Å². The van der Waals surface area contributed by atoms with E-state index < -0.39 is 50.5 Å². The van der Waals surface area contributed by atoms with Crippen LogP contribution in [0.5, 0.6) is 0 Å². The molecular weight excluding hydrogens is 532 g/mol. The summed E-state index contributed by atoms with van der Waals surface area (Å²) >= 11 is 0. The summed E-state index contributed by atoms with van der Waals surface area (Å²) in [5.41, 5.74) is -3.55. The van der Waals surface area contributed by atoms with Gasteiger partial charge in [0, 0.05) is 35.4 Å². The fourth-order valence-electron chi connectivity index (χ4n) is 5.40. The molecule has 4 aromatic carbocycles. The third kappa shape index (κ3) is 3.47. The Bertz CT molecular complexity index is 1700. The fraction of sp³-hybridized carbons (Fsp3) is 0.0345. The molecule has 0 saturated heterocycles. The molecule has 4 aromatic rings. The second-order valence-corrected chi connectivity index (χ2v) is 9.27. The molecule has 2 heterocycles. The lowest BCUT2D eigenvalue weighted by Gasteiger charge is -2.46. The monoisotopic (exact) mass is 548 g/mol. The highest BCUT2D eigenvalue weighted by atomic mass is 16.6. The Hall–Kier alpha value is -6.04. The van der Waals surface area contributed by atoms with Gasteiger partial charge in [-0.2, -0.15) is 0 Å². The Morgan fingerprint density at radius 1 is 0.488 bits per heavy atom. The van der Waals surface area contributed by atoms with Gasteiger partial charge in [-0.15, -0.1) is 0 Å². The summed E-state index contributed by atoms with van der Waals surface area (Å²) in [5.74, 6) is -3.72. The molecule has 0 fully saturated rings. The maximum atomic E-state index is 14.1. The highest BCUT2D eigenvalue weighted by Gasteiger charge is 2.60. The zero-order chi connectivity index (χ0) is 29.1. The molecule has 0 aliphatic carbocycles. The number of carbonyl (C=O) groups is 4. The average molecular weight is 548 g/mol. The molecular formula is C29H16N4O8. The van der Waals surface area contributed by atoms with Crippen LogP contribution in [0.2, 0.25) is 0 Å². The summed E-state index contributed by atoms with van der Waals surface area (Å²) in [7, 11) is 0. The van der Waals surface area contributed by atoms with Crippen molar-refractivity contribution in [1.82, 2.24) is 9.80 Å². The van der Waals surface area contributed by atoms with Gasteiger partial charge in [0.1, 0.15) is 0 Å². The second-order valence-electron chi connectivity index (χ2n) is 9.27. The molecule has 200 valence electrons. The maximum Gasteiger partial charge on any atom is 0.270 e. The van der Waals surface area contributed by atoms with Crippen LogP contribution in [0.1, 0.15) is 52.6 Å². The van der Waals surface area contributed by atoms with E-state index in [-0.39, 0.29) is 33.4 Å². The van der Waals surface area contributed by atoms with Crippen molar-refractivity contribution in [1.29, 1.82) is 0 Å². The predicted molar refractivity (Wildman–Crippen MR) is 141 cm³/mol. The third-order valence-electron chi connectivity index (χ3n) is 7.16. The van der Waals surface area contributed by atoms with Gasteiger partial charge in [-0.25, -0.2) is 9.80 Å². The van der Waals surface area contributed by atoms with Crippen molar-refractivity contribution in [2.75, 3.05) is 0 Å². The number of nitrogens with zero attached hydrogens (tertiary/aromatic N) is 4. The van der Waals surface area contributed by atoms with E-state index in [1.807, 2.05) is 0 Å². The van der Waals surface area contributed by atoms with Crippen LogP contribution in [-0.2, 0) is 5.66 Å². The van der Waals surface area contributed by atoms with Crippen LogP contribution >= 0.6 is 0 Å². The van der Waals surface area contributed by atoms with Gasteiger partial charge in [-0.3, -0.25) is 39.4 Å². The average Bonchev–Trinajstić information content (AvgIpc) is 3.39. The van der Waals surface area contributed by atoms with Gasteiger partial charge in [0.2, 0.25) is 0 Å². The first-order chi connectivity index (χ1) is 19.7. The maximum absolute atomic E-state index is 14.1. The first-order valence-electron chi connectivity index (χ1n) is 12.1. The largest absolute Gasteiger partial charge is 0.270 e. The van der Waals surface area contributed by atoms with Crippen LogP contribution < -0.4 is 0 Å². The van der Waals surface area contributed by atoms with E-state index in [9.17, 15) is 39.4 Å². The molecule has 0 atom stereocenters.